The minimum absolute atomic E-state index is 0.456. The molecule has 0 radical (unpaired) electrons. The van der Waals surface area contributed by atoms with E-state index in [9.17, 15) is 0 Å². The summed E-state index contributed by atoms with van der Waals surface area (Å²) in [6.45, 7) is 2.30. The first kappa shape index (κ1) is 10.1. The Hall–Kier alpha value is -0.430. The van der Waals surface area contributed by atoms with Crippen LogP contribution in [-0.2, 0) is 4.74 Å². The first-order valence-corrected chi connectivity index (χ1v) is 5.60. The molecule has 14 heavy (non-hydrogen) atoms. The number of hydrogen-bond donors (Lipinski definition) is 0. The molecule has 4 nitrogen and oxygen atoms in total. The highest BCUT2D eigenvalue weighted by atomic mass is 127. The van der Waals surface area contributed by atoms with E-state index in [1.807, 2.05) is 0 Å². The largest absolute Gasteiger partial charge is 0.463 e. The molecule has 1 aromatic rings. The van der Waals surface area contributed by atoms with Gasteiger partial charge in [-0.05, 0) is 29.0 Å². The first-order valence-electron chi connectivity index (χ1n) is 4.52. The molecule has 76 valence electrons. The van der Waals surface area contributed by atoms with Gasteiger partial charge in [-0.1, -0.05) is 0 Å². The summed E-state index contributed by atoms with van der Waals surface area (Å²) in [5.41, 5.74) is 0. The van der Waals surface area contributed by atoms with Crippen LogP contribution in [0.4, 0.5) is 0 Å². The molecule has 1 fully saturated rings. The molecule has 2 heterocycles. The zero-order valence-electron chi connectivity index (χ0n) is 7.65. The lowest BCUT2D eigenvalue weighted by Crippen LogP contribution is -2.12. The number of hydrogen-bond acceptors (Lipinski definition) is 4. The van der Waals surface area contributed by atoms with Crippen LogP contribution in [0.3, 0.4) is 0 Å². The molecule has 1 saturated heterocycles. The molecule has 0 N–H and O–H groups in total. The summed E-state index contributed by atoms with van der Waals surface area (Å²) >= 11 is 2.16. The SMILES string of the molecule is Ic1cnc(OCC2CCOC2)nc1. The van der Waals surface area contributed by atoms with Gasteiger partial charge in [-0.15, -0.1) is 0 Å². The van der Waals surface area contributed by atoms with Crippen LogP contribution in [0, 0.1) is 9.49 Å². The molecule has 2 rings (SSSR count). The summed E-state index contributed by atoms with van der Waals surface area (Å²) in [6.07, 6.45) is 4.56. The Bertz CT molecular complexity index is 285. The van der Waals surface area contributed by atoms with Crippen LogP contribution in [0.25, 0.3) is 0 Å². The fraction of sp³-hybridized carbons (Fsp3) is 0.556. The Kier molecular flexibility index (Phi) is 3.52. The predicted molar refractivity (Wildman–Crippen MR) is 59.2 cm³/mol. The maximum absolute atomic E-state index is 5.44. The van der Waals surface area contributed by atoms with Gasteiger partial charge < -0.3 is 9.47 Å². The van der Waals surface area contributed by atoms with Crippen LogP contribution in [0.5, 0.6) is 6.01 Å². The normalized spacial score (nSPS) is 21.1. The van der Waals surface area contributed by atoms with E-state index >= 15 is 0 Å². The molecular formula is C9H11IN2O2. The molecule has 1 aliphatic heterocycles. The van der Waals surface area contributed by atoms with Crippen molar-refractivity contribution in [2.75, 3.05) is 19.8 Å². The van der Waals surface area contributed by atoms with Crippen molar-refractivity contribution in [1.82, 2.24) is 9.97 Å². The van der Waals surface area contributed by atoms with E-state index in [0.717, 1.165) is 23.2 Å². The van der Waals surface area contributed by atoms with Gasteiger partial charge in [0, 0.05) is 28.5 Å². The molecule has 1 atom stereocenters. The lowest BCUT2D eigenvalue weighted by molar-refractivity contribution is 0.163. The average molecular weight is 306 g/mol. The number of nitrogens with zero attached hydrogens (tertiary/aromatic N) is 2. The molecule has 1 unspecified atom stereocenters. The van der Waals surface area contributed by atoms with Crippen LogP contribution >= 0.6 is 22.6 Å². The van der Waals surface area contributed by atoms with Crippen LogP contribution in [0.1, 0.15) is 6.42 Å². The lowest BCUT2D eigenvalue weighted by Gasteiger charge is -2.07. The van der Waals surface area contributed by atoms with Crippen molar-refractivity contribution in [3.8, 4) is 6.01 Å². The number of aromatic nitrogens is 2. The Labute approximate surface area is 96.2 Å². The fourth-order valence-corrected chi connectivity index (χ4v) is 1.56. The van der Waals surface area contributed by atoms with Crippen molar-refractivity contribution in [2.24, 2.45) is 5.92 Å². The van der Waals surface area contributed by atoms with E-state index in [2.05, 4.69) is 32.6 Å². The number of halogens is 1. The summed E-state index contributed by atoms with van der Waals surface area (Å²) in [4.78, 5) is 8.12. The Morgan fingerprint density at radius 3 is 2.93 bits per heavy atom. The van der Waals surface area contributed by atoms with Crippen molar-refractivity contribution in [3.05, 3.63) is 16.0 Å². The number of rotatable bonds is 3. The maximum atomic E-state index is 5.44. The zero-order chi connectivity index (χ0) is 9.80. The molecule has 0 bridgehead atoms. The highest BCUT2D eigenvalue weighted by Crippen LogP contribution is 2.13. The second-order valence-electron chi connectivity index (χ2n) is 3.22. The van der Waals surface area contributed by atoms with E-state index in [0.29, 0.717) is 18.5 Å². The van der Waals surface area contributed by atoms with Crippen molar-refractivity contribution in [2.45, 2.75) is 6.42 Å². The van der Waals surface area contributed by atoms with Crippen LogP contribution in [-0.4, -0.2) is 29.8 Å². The standard InChI is InChI=1S/C9H11IN2O2/c10-8-3-11-9(12-4-8)14-6-7-1-2-13-5-7/h3-4,7H,1-2,5-6H2. The van der Waals surface area contributed by atoms with Gasteiger partial charge in [0.25, 0.3) is 0 Å². The quantitative estimate of drug-likeness (QED) is 0.794. The van der Waals surface area contributed by atoms with E-state index in [-0.39, 0.29) is 0 Å². The van der Waals surface area contributed by atoms with Crippen LogP contribution in [0.2, 0.25) is 0 Å². The molecule has 1 aromatic heterocycles. The van der Waals surface area contributed by atoms with Crippen LogP contribution < -0.4 is 4.74 Å². The van der Waals surface area contributed by atoms with E-state index in [1.165, 1.54) is 0 Å². The average Bonchev–Trinajstić information content (AvgIpc) is 2.70. The van der Waals surface area contributed by atoms with Crippen molar-refractivity contribution < 1.29 is 9.47 Å². The summed E-state index contributed by atoms with van der Waals surface area (Å²) in [6, 6.07) is 0.456. The molecule has 0 saturated carbocycles. The third kappa shape index (κ3) is 2.78. The minimum Gasteiger partial charge on any atom is -0.463 e. The Morgan fingerprint density at radius 2 is 2.29 bits per heavy atom. The van der Waals surface area contributed by atoms with Gasteiger partial charge in [-0.2, -0.15) is 0 Å². The molecular weight excluding hydrogens is 295 g/mol. The molecule has 0 amide bonds. The third-order valence-electron chi connectivity index (χ3n) is 2.07. The molecule has 0 aromatic carbocycles. The van der Waals surface area contributed by atoms with Gasteiger partial charge >= 0.3 is 6.01 Å². The van der Waals surface area contributed by atoms with Gasteiger partial charge in [0.05, 0.1) is 13.2 Å². The smallest absolute Gasteiger partial charge is 0.316 e. The van der Waals surface area contributed by atoms with E-state index in [1.54, 1.807) is 12.4 Å². The fourth-order valence-electron chi connectivity index (χ4n) is 1.28. The first-order chi connectivity index (χ1) is 6.84. The van der Waals surface area contributed by atoms with Crippen molar-refractivity contribution >= 4 is 22.6 Å². The third-order valence-corrected chi connectivity index (χ3v) is 2.63. The second kappa shape index (κ2) is 4.88. The Morgan fingerprint density at radius 1 is 1.50 bits per heavy atom. The van der Waals surface area contributed by atoms with Crippen molar-refractivity contribution in [3.63, 3.8) is 0 Å². The van der Waals surface area contributed by atoms with E-state index < -0.39 is 0 Å². The van der Waals surface area contributed by atoms with Gasteiger partial charge in [0.2, 0.25) is 0 Å². The predicted octanol–water partition coefficient (Wildman–Crippen LogP) is 1.50. The molecule has 0 spiro atoms. The monoisotopic (exact) mass is 306 g/mol. The summed E-state index contributed by atoms with van der Waals surface area (Å²) in [5, 5.41) is 0. The molecule has 0 aliphatic carbocycles. The van der Waals surface area contributed by atoms with Crippen molar-refractivity contribution in [1.29, 1.82) is 0 Å². The highest BCUT2D eigenvalue weighted by molar-refractivity contribution is 14.1. The van der Waals surface area contributed by atoms with E-state index in [4.69, 9.17) is 9.47 Å². The van der Waals surface area contributed by atoms with Crippen LogP contribution in [0.15, 0.2) is 12.4 Å². The molecule has 5 heteroatoms. The lowest BCUT2D eigenvalue weighted by atomic mass is 10.1. The van der Waals surface area contributed by atoms with Gasteiger partial charge in [-0.3, -0.25) is 0 Å². The van der Waals surface area contributed by atoms with Gasteiger partial charge in [0.15, 0.2) is 0 Å². The van der Waals surface area contributed by atoms with Gasteiger partial charge in [-0.25, -0.2) is 9.97 Å². The summed E-state index contributed by atoms with van der Waals surface area (Å²) in [5.74, 6) is 0.498. The topological polar surface area (TPSA) is 44.2 Å². The Balaban J connectivity index is 1.82. The summed E-state index contributed by atoms with van der Waals surface area (Å²) in [7, 11) is 0. The minimum atomic E-state index is 0.456. The molecule has 1 aliphatic rings. The highest BCUT2D eigenvalue weighted by Gasteiger charge is 2.16. The van der Waals surface area contributed by atoms with Gasteiger partial charge in [0.1, 0.15) is 0 Å². The maximum Gasteiger partial charge on any atom is 0.316 e. The summed E-state index contributed by atoms with van der Waals surface area (Å²) < 4.78 is 11.7. The zero-order valence-corrected chi connectivity index (χ0v) is 9.81. The second-order valence-corrected chi connectivity index (χ2v) is 4.47. The number of ether oxygens (including phenoxy) is 2.